The molecule has 1 heterocycles. The highest BCUT2D eigenvalue weighted by Gasteiger charge is 2.42. The lowest BCUT2D eigenvalue weighted by Gasteiger charge is -2.32. The van der Waals surface area contributed by atoms with Gasteiger partial charge in [0, 0.05) is 6.54 Å². The van der Waals surface area contributed by atoms with Gasteiger partial charge in [0.05, 0.1) is 13.7 Å². The van der Waals surface area contributed by atoms with Gasteiger partial charge in [0.1, 0.15) is 11.8 Å². The maximum atomic E-state index is 12.4. The molecular weight excluding hydrogens is 268 g/mol. The van der Waals surface area contributed by atoms with Gasteiger partial charge in [0.2, 0.25) is 11.8 Å². The summed E-state index contributed by atoms with van der Waals surface area (Å²) in [5.74, 6) is 1.21. The molecule has 1 saturated heterocycles. The van der Waals surface area contributed by atoms with Crippen molar-refractivity contribution in [1.29, 1.82) is 0 Å². The largest absolute Gasteiger partial charge is 0.497 e. The summed E-state index contributed by atoms with van der Waals surface area (Å²) >= 11 is 0. The van der Waals surface area contributed by atoms with E-state index >= 15 is 0 Å². The summed E-state index contributed by atoms with van der Waals surface area (Å²) in [6.07, 6.45) is 2.84. The molecule has 5 nitrogen and oxygen atoms in total. The number of hydrogen-bond acceptors (Lipinski definition) is 3. The highest BCUT2D eigenvalue weighted by atomic mass is 16.5. The van der Waals surface area contributed by atoms with Crippen molar-refractivity contribution in [2.45, 2.75) is 25.3 Å². The van der Waals surface area contributed by atoms with Crippen molar-refractivity contribution in [3.63, 3.8) is 0 Å². The van der Waals surface area contributed by atoms with Crippen LogP contribution in [0.3, 0.4) is 0 Å². The van der Waals surface area contributed by atoms with E-state index in [1.165, 1.54) is 0 Å². The van der Waals surface area contributed by atoms with Crippen molar-refractivity contribution in [2.24, 2.45) is 5.92 Å². The molecule has 1 aromatic rings. The summed E-state index contributed by atoms with van der Waals surface area (Å²) in [7, 11) is 1.64. The van der Waals surface area contributed by atoms with E-state index in [9.17, 15) is 9.59 Å². The SMILES string of the molecule is COc1ccc(CCN2CC(=O)NC(C3CC3)C2=O)cc1. The molecule has 3 rings (SSSR count). The van der Waals surface area contributed by atoms with E-state index in [1.54, 1.807) is 12.0 Å². The van der Waals surface area contributed by atoms with Crippen molar-refractivity contribution < 1.29 is 14.3 Å². The Morgan fingerprint density at radius 1 is 1.24 bits per heavy atom. The molecule has 1 unspecified atom stereocenters. The van der Waals surface area contributed by atoms with E-state index in [1.807, 2.05) is 24.3 Å². The lowest BCUT2D eigenvalue weighted by atomic mass is 10.1. The number of rotatable bonds is 5. The molecule has 1 aliphatic carbocycles. The fourth-order valence-corrected chi connectivity index (χ4v) is 2.72. The van der Waals surface area contributed by atoms with Crippen LogP contribution in [-0.4, -0.2) is 43.0 Å². The molecule has 1 atom stereocenters. The Kier molecular flexibility index (Phi) is 3.82. The van der Waals surface area contributed by atoms with Crippen molar-refractivity contribution >= 4 is 11.8 Å². The molecule has 1 saturated carbocycles. The predicted molar refractivity (Wildman–Crippen MR) is 77.9 cm³/mol. The second-order valence-electron chi connectivity index (χ2n) is 5.74. The molecule has 0 aromatic heterocycles. The fraction of sp³-hybridized carbons (Fsp3) is 0.500. The first-order valence-electron chi connectivity index (χ1n) is 7.38. The van der Waals surface area contributed by atoms with Crippen molar-refractivity contribution in [3.8, 4) is 5.75 Å². The number of nitrogens with one attached hydrogen (secondary N) is 1. The van der Waals surface area contributed by atoms with Gasteiger partial charge in [-0.3, -0.25) is 9.59 Å². The van der Waals surface area contributed by atoms with Gasteiger partial charge in [-0.25, -0.2) is 0 Å². The van der Waals surface area contributed by atoms with Gasteiger partial charge in [-0.1, -0.05) is 12.1 Å². The number of carbonyl (C=O) groups is 2. The molecule has 0 radical (unpaired) electrons. The summed E-state index contributed by atoms with van der Waals surface area (Å²) in [5, 5.41) is 2.82. The first kappa shape index (κ1) is 13.9. The van der Waals surface area contributed by atoms with Crippen LogP contribution in [-0.2, 0) is 16.0 Å². The van der Waals surface area contributed by atoms with Crippen LogP contribution < -0.4 is 10.1 Å². The van der Waals surface area contributed by atoms with Crippen LogP contribution in [0.15, 0.2) is 24.3 Å². The molecule has 5 heteroatoms. The maximum Gasteiger partial charge on any atom is 0.245 e. The third-order valence-electron chi connectivity index (χ3n) is 4.15. The smallest absolute Gasteiger partial charge is 0.245 e. The van der Waals surface area contributed by atoms with Crippen molar-refractivity contribution in [2.75, 3.05) is 20.2 Å². The zero-order chi connectivity index (χ0) is 14.8. The van der Waals surface area contributed by atoms with Gasteiger partial charge >= 0.3 is 0 Å². The summed E-state index contributed by atoms with van der Waals surface area (Å²) in [6, 6.07) is 7.51. The van der Waals surface area contributed by atoms with E-state index in [2.05, 4.69) is 5.32 Å². The van der Waals surface area contributed by atoms with Crippen LogP contribution >= 0.6 is 0 Å². The average Bonchev–Trinajstić information content (AvgIpc) is 3.33. The standard InChI is InChI=1S/C16H20N2O3/c1-21-13-6-2-11(3-7-13)8-9-18-10-14(19)17-15(16(18)20)12-4-5-12/h2-3,6-7,12,15H,4-5,8-10H2,1H3,(H,17,19). The van der Waals surface area contributed by atoms with Crippen LogP contribution in [0.25, 0.3) is 0 Å². The highest BCUT2D eigenvalue weighted by molar-refractivity contribution is 5.95. The molecule has 0 bridgehead atoms. The fourth-order valence-electron chi connectivity index (χ4n) is 2.72. The molecule has 1 N–H and O–H groups in total. The quantitative estimate of drug-likeness (QED) is 0.878. The van der Waals surface area contributed by atoms with Crippen LogP contribution in [0.1, 0.15) is 18.4 Å². The molecule has 2 aliphatic rings. The predicted octanol–water partition coefficient (Wildman–Crippen LogP) is 0.975. The van der Waals surface area contributed by atoms with Crippen LogP contribution in [0.2, 0.25) is 0 Å². The minimum atomic E-state index is -0.290. The number of amides is 2. The zero-order valence-corrected chi connectivity index (χ0v) is 12.2. The number of hydrogen-bond donors (Lipinski definition) is 1. The van der Waals surface area contributed by atoms with Crippen LogP contribution in [0.5, 0.6) is 5.75 Å². The Labute approximate surface area is 124 Å². The molecule has 0 spiro atoms. The van der Waals surface area contributed by atoms with Gasteiger partial charge in [-0.2, -0.15) is 0 Å². The third-order valence-corrected chi connectivity index (χ3v) is 4.15. The second kappa shape index (κ2) is 5.76. The Morgan fingerprint density at radius 3 is 2.57 bits per heavy atom. The molecule has 21 heavy (non-hydrogen) atoms. The van der Waals surface area contributed by atoms with E-state index in [-0.39, 0.29) is 24.4 Å². The number of ether oxygens (including phenoxy) is 1. The minimum Gasteiger partial charge on any atom is -0.497 e. The van der Waals surface area contributed by atoms with Gasteiger partial charge in [-0.05, 0) is 42.9 Å². The number of benzene rings is 1. The Balaban J connectivity index is 1.60. The molecule has 2 fully saturated rings. The first-order chi connectivity index (χ1) is 10.2. The van der Waals surface area contributed by atoms with Crippen LogP contribution in [0.4, 0.5) is 0 Å². The van der Waals surface area contributed by atoms with Gasteiger partial charge in [0.25, 0.3) is 0 Å². The molecule has 2 amide bonds. The number of methoxy groups -OCH3 is 1. The molecule has 112 valence electrons. The molecular formula is C16H20N2O3. The monoisotopic (exact) mass is 288 g/mol. The summed E-state index contributed by atoms with van der Waals surface area (Å²) in [6.45, 7) is 0.764. The average molecular weight is 288 g/mol. The van der Waals surface area contributed by atoms with E-state index in [0.717, 1.165) is 30.6 Å². The zero-order valence-electron chi connectivity index (χ0n) is 12.2. The van der Waals surface area contributed by atoms with Crippen LogP contribution in [0, 0.1) is 5.92 Å². The second-order valence-corrected chi connectivity index (χ2v) is 5.74. The van der Waals surface area contributed by atoms with Gasteiger partial charge < -0.3 is 15.0 Å². The van der Waals surface area contributed by atoms with E-state index in [0.29, 0.717) is 12.5 Å². The van der Waals surface area contributed by atoms with E-state index in [4.69, 9.17) is 4.74 Å². The lowest BCUT2D eigenvalue weighted by molar-refractivity contribution is -0.144. The summed E-state index contributed by atoms with van der Waals surface area (Å²) in [4.78, 5) is 25.8. The highest BCUT2D eigenvalue weighted by Crippen LogP contribution is 2.34. The normalized spacial score (nSPS) is 22.1. The topological polar surface area (TPSA) is 58.6 Å². The van der Waals surface area contributed by atoms with Crippen molar-refractivity contribution in [1.82, 2.24) is 10.2 Å². The van der Waals surface area contributed by atoms with Crippen molar-refractivity contribution in [3.05, 3.63) is 29.8 Å². The Bertz CT molecular complexity index is 537. The van der Waals surface area contributed by atoms with E-state index < -0.39 is 0 Å². The summed E-state index contributed by atoms with van der Waals surface area (Å²) < 4.78 is 5.12. The summed E-state index contributed by atoms with van der Waals surface area (Å²) in [5.41, 5.74) is 1.14. The molecule has 1 aliphatic heterocycles. The maximum absolute atomic E-state index is 12.4. The minimum absolute atomic E-state index is 0.0405. The van der Waals surface area contributed by atoms with Gasteiger partial charge in [-0.15, -0.1) is 0 Å². The Morgan fingerprint density at radius 2 is 1.95 bits per heavy atom. The lowest BCUT2D eigenvalue weighted by Crippen LogP contribution is -2.59. The molecule has 1 aromatic carbocycles. The first-order valence-corrected chi connectivity index (χ1v) is 7.38. The van der Waals surface area contributed by atoms with Gasteiger partial charge in [0.15, 0.2) is 0 Å². The number of nitrogens with zero attached hydrogens (tertiary/aromatic N) is 1. The number of piperazine rings is 1. The third kappa shape index (κ3) is 3.17. The number of carbonyl (C=O) groups excluding carboxylic acids is 2. The Hall–Kier alpha value is -2.04.